The molecule has 0 saturated heterocycles. The molecule has 0 aliphatic heterocycles. The molecule has 0 unspecified atom stereocenters. The van der Waals surface area contributed by atoms with Crippen molar-refractivity contribution in [2.75, 3.05) is 0 Å². The second kappa shape index (κ2) is 7.74. The Bertz CT molecular complexity index is 632. The van der Waals surface area contributed by atoms with Crippen LogP contribution < -0.4 is 4.74 Å². The summed E-state index contributed by atoms with van der Waals surface area (Å²) in [5.74, 6) is 0.128. The minimum absolute atomic E-state index is 0.0780. The van der Waals surface area contributed by atoms with Crippen LogP contribution in [0.2, 0.25) is 0 Å². The molecule has 0 fully saturated rings. The van der Waals surface area contributed by atoms with Crippen molar-refractivity contribution in [1.29, 1.82) is 0 Å². The zero-order chi connectivity index (χ0) is 15.9. The lowest BCUT2D eigenvalue weighted by molar-refractivity contribution is 0.0987. The van der Waals surface area contributed by atoms with Gasteiger partial charge >= 0.3 is 0 Å². The van der Waals surface area contributed by atoms with E-state index in [1.807, 2.05) is 24.3 Å². The van der Waals surface area contributed by atoms with E-state index in [1.165, 1.54) is 17.7 Å². The first-order chi connectivity index (χ1) is 10.6. The average Bonchev–Trinajstić information content (AvgIpc) is 2.55. The van der Waals surface area contributed by atoms with E-state index in [4.69, 9.17) is 4.74 Å². The summed E-state index contributed by atoms with van der Waals surface area (Å²) in [6, 6.07) is 12.0. The van der Waals surface area contributed by atoms with Gasteiger partial charge in [-0.15, -0.1) is 0 Å². The van der Waals surface area contributed by atoms with Crippen molar-refractivity contribution < 1.29 is 13.9 Å². The van der Waals surface area contributed by atoms with Crippen LogP contribution >= 0.6 is 0 Å². The number of rotatable bonds is 7. The van der Waals surface area contributed by atoms with E-state index >= 15 is 0 Å². The molecule has 22 heavy (non-hydrogen) atoms. The lowest BCUT2D eigenvalue weighted by Crippen LogP contribution is -1.98. The third-order valence-corrected chi connectivity index (χ3v) is 3.55. The average molecular weight is 300 g/mol. The summed E-state index contributed by atoms with van der Waals surface area (Å²) in [6.07, 6.45) is 3.71. The molecular formula is C19H21FO2. The van der Waals surface area contributed by atoms with Gasteiger partial charge in [-0.25, -0.2) is 4.39 Å². The van der Waals surface area contributed by atoms with E-state index in [9.17, 15) is 9.18 Å². The molecule has 0 spiro atoms. The Morgan fingerprint density at radius 2 is 1.82 bits per heavy atom. The van der Waals surface area contributed by atoms with Gasteiger partial charge in [-0.3, -0.25) is 4.79 Å². The van der Waals surface area contributed by atoms with Crippen molar-refractivity contribution in [3.63, 3.8) is 0 Å². The molecule has 2 aromatic carbocycles. The maximum Gasteiger partial charge on any atom is 0.166 e. The zero-order valence-corrected chi connectivity index (χ0v) is 13.1. The lowest BCUT2D eigenvalue weighted by Gasteiger charge is -2.09. The molecule has 3 heteroatoms. The number of halogens is 1. The molecule has 2 nitrogen and oxygen atoms in total. The third-order valence-electron chi connectivity index (χ3n) is 3.55. The van der Waals surface area contributed by atoms with Crippen LogP contribution in [0.4, 0.5) is 4.39 Å². The molecule has 2 rings (SSSR count). The molecule has 0 aliphatic rings. The summed E-state index contributed by atoms with van der Waals surface area (Å²) in [5, 5.41) is 0. The van der Waals surface area contributed by atoms with Gasteiger partial charge in [0.1, 0.15) is 5.75 Å². The van der Waals surface area contributed by atoms with Crippen molar-refractivity contribution in [3.05, 3.63) is 59.4 Å². The maximum absolute atomic E-state index is 14.0. The van der Waals surface area contributed by atoms with E-state index in [0.717, 1.165) is 19.3 Å². The van der Waals surface area contributed by atoms with Crippen molar-refractivity contribution >= 4 is 5.78 Å². The number of aryl methyl sites for hydroxylation is 1. The van der Waals surface area contributed by atoms with Gasteiger partial charge in [-0.2, -0.15) is 0 Å². The van der Waals surface area contributed by atoms with Crippen molar-refractivity contribution in [2.45, 2.75) is 39.5 Å². The third kappa shape index (κ3) is 4.17. The fourth-order valence-electron chi connectivity index (χ4n) is 2.19. The van der Waals surface area contributed by atoms with Crippen LogP contribution in [0.1, 0.15) is 49.0 Å². The van der Waals surface area contributed by atoms with Crippen LogP contribution in [0.15, 0.2) is 42.5 Å². The molecule has 0 saturated carbocycles. The first kappa shape index (κ1) is 16.2. The quantitative estimate of drug-likeness (QED) is 0.626. The molecule has 0 atom stereocenters. The fourth-order valence-corrected chi connectivity index (χ4v) is 2.19. The van der Waals surface area contributed by atoms with Gasteiger partial charge in [0.2, 0.25) is 0 Å². The molecular weight excluding hydrogens is 279 g/mol. The molecule has 0 heterocycles. The molecule has 116 valence electrons. The Hall–Kier alpha value is -2.16. The Balaban J connectivity index is 2.08. The lowest BCUT2D eigenvalue weighted by atomic mass is 10.1. The Morgan fingerprint density at radius 1 is 1.09 bits per heavy atom. The number of benzene rings is 2. The number of unbranched alkanes of at least 4 members (excludes halogenated alkanes) is 1. The van der Waals surface area contributed by atoms with Gasteiger partial charge in [0.05, 0.1) is 0 Å². The smallest absolute Gasteiger partial charge is 0.166 e. The molecule has 0 N–H and O–H groups in total. The van der Waals surface area contributed by atoms with Gasteiger partial charge in [-0.1, -0.05) is 32.4 Å². The molecule has 0 aromatic heterocycles. The van der Waals surface area contributed by atoms with E-state index in [1.54, 1.807) is 13.0 Å². The summed E-state index contributed by atoms with van der Waals surface area (Å²) in [5.41, 5.74) is 1.63. The molecule has 0 bridgehead atoms. The van der Waals surface area contributed by atoms with Crippen LogP contribution in [0.3, 0.4) is 0 Å². The summed E-state index contributed by atoms with van der Waals surface area (Å²) in [4.78, 5) is 11.6. The van der Waals surface area contributed by atoms with Crippen molar-refractivity contribution in [1.82, 2.24) is 0 Å². The number of carbonyl (C=O) groups excluding carboxylic acids is 1. The second-order valence-electron chi connectivity index (χ2n) is 5.27. The Morgan fingerprint density at radius 3 is 2.41 bits per heavy atom. The number of hydrogen-bond acceptors (Lipinski definition) is 2. The van der Waals surface area contributed by atoms with Crippen LogP contribution in [0, 0.1) is 5.82 Å². The highest BCUT2D eigenvalue weighted by Crippen LogP contribution is 2.26. The largest absolute Gasteiger partial charge is 0.454 e. The topological polar surface area (TPSA) is 26.3 Å². The Kier molecular flexibility index (Phi) is 5.70. The predicted octanol–water partition coefficient (Wildman–Crippen LogP) is 5.55. The minimum Gasteiger partial charge on any atom is -0.454 e. The van der Waals surface area contributed by atoms with Gasteiger partial charge in [0, 0.05) is 12.0 Å². The molecule has 0 amide bonds. The highest BCUT2D eigenvalue weighted by Gasteiger charge is 2.10. The minimum atomic E-state index is -0.519. The molecule has 0 radical (unpaired) electrons. The van der Waals surface area contributed by atoms with Crippen LogP contribution in [0.5, 0.6) is 11.5 Å². The summed E-state index contributed by atoms with van der Waals surface area (Å²) >= 11 is 0. The van der Waals surface area contributed by atoms with Gasteiger partial charge in [0.15, 0.2) is 17.3 Å². The van der Waals surface area contributed by atoms with Crippen LogP contribution in [-0.4, -0.2) is 5.78 Å². The maximum atomic E-state index is 14.0. The second-order valence-corrected chi connectivity index (χ2v) is 5.27. The fraction of sp³-hybridized carbons (Fsp3) is 0.316. The highest BCUT2D eigenvalue weighted by molar-refractivity contribution is 5.95. The molecule has 2 aromatic rings. The van der Waals surface area contributed by atoms with E-state index in [2.05, 4.69) is 6.92 Å². The standard InChI is InChI=1S/C19H21FO2/c1-3-5-6-14-7-10-16(11-8-14)22-19-12-9-15(13-17(19)20)18(21)4-2/h7-13H,3-6H2,1-2H3. The van der Waals surface area contributed by atoms with Crippen molar-refractivity contribution in [3.8, 4) is 11.5 Å². The normalized spacial score (nSPS) is 10.5. The van der Waals surface area contributed by atoms with E-state index in [-0.39, 0.29) is 11.5 Å². The first-order valence-corrected chi connectivity index (χ1v) is 7.73. The number of ether oxygens (including phenoxy) is 1. The summed E-state index contributed by atoms with van der Waals surface area (Å²) < 4.78 is 19.6. The van der Waals surface area contributed by atoms with Crippen LogP contribution in [-0.2, 0) is 6.42 Å². The number of ketones is 1. The first-order valence-electron chi connectivity index (χ1n) is 7.73. The Labute approximate surface area is 130 Å². The predicted molar refractivity (Wildman–Crippen MR) is 86.1 cm³/mol. The van der Waals surface area contributed by atoms with E-state index in [0.29, 0.717) is 17.7 Å². The monoisotopic (exact) mass is 300 g/mol. The number of hydrogen-bond donors (Lipinski definition) is 0. The summed E-state index contributed by atoms with van der Waals surface area (Å²) in [7, 11) is 0. The molecule has 0 aliphatic carbocycles. The van der Waals surface area contributed by atoms with Crippen LogP contribution in [0.25, 0.3) is 0 Å². The van der Waals surface area contributed by atoms with E-state index < -0.39 is 5.82 Å². The van der Waals surface area contributed by atoms with Gasteiger partial charge < -0.3 is 4.74 Å². The SMILES string of the molecule is CCCCc1ccc(Oc2ccc(C(=O)CC)cc2F)cc1. The van der Waals surface area contributed by atoms with Crippen molar-refractivity contribution in [2.24, 2.45) is 0 Å². The highest BCUT2D eigenvalue weighted by atomic mass is 19.1. The van der Waals surface area contributed by atoms with Gasteiger partial charge in [-0.05, 0) is 48.7 Å². The van der Waals surface area contributed by atoms with Gasteiger partial charge in [0.25, 0.3) is 0 Å². The zero-order valence-electron chi connectivity index (χ0n) is 13.1. The summed E-state index contributed by atoms with van der Waals surface area (Å²) in [6.45, 7) is 3.91. The number of carbonyl (C=O) groups is 1. The number of Topliss-reactive ketones (excluding diaryl/α,β-unsaturated/α-hetero) is 1.